The second kappa shape index (κ2) is 10.1. The normalized spacial score (nSPS) is 10.3. The summed E-state index contributed by atoms with van der Waals surface area (Å²) in [6, 6.07) is 19.4. The highest BCUT2D eigenvalue weighted by Gasteiger charge is 2.08. The smallest absolute Gasteiger partial charge is 0.253 e. The minimum Gasteiger partial charge on any atom is -0.493 e. The highest BCUT2D eigenvalue weighted by Crippen LogP contribution is 2.27. The third-order valence-electron chi connectivity index (χ3n) is 4.49. The number of ether oxygens (including phenoxy) is 2. The molecule has 3 rings (SSSR count). The van der Waals surface area contributed by atoms with E-state index in [0.29, 0.717) is 23.6 Å². The van der Waals surface area contributed by atoms with Crippen molar-refractivity contribution in [2.75, 3.05) is 26.1 Å². The monoisotopic (exact) mass is 391 g/mol. The van der Waals surface area contributed by atoms with Crippen molar-refractivity contribution < 1.29 is 14.3 Å². The molecule has 0 radical (unpaired) electrons. The van der Waals surface area contributed by atoms with E-state index in [4.69, 9.17) is 9.47 Å². The molecule has 150 valence electrons. The molecule has 0 aliphatic rings. The molecule has 6 nitrogen and oxygen atoms in total. The van der Waals surface area contributed by atoms with Gasteiger partial charge in [0.05, 0.1) is 19.8 Å². The number of anilines is 1. The number of amides is 1. The Morgan fingerprint density at radius 3 is 2.41 bits per heavy atom. The number of hydrogen-bond donors (Lipinski definition) is 2. The maximum absolute atomic E-state index is 12.4. The van der Waals surface area contributed by atoms with Crippen LogP contribution in [0.1, 0.15) is 21.5 Å². The van der Waals surface area contributed by atoms with Crippen LogP contribution >= 0.6 is 0 Å². The summed E-state index contributed by atoms with van der Waals surface area (Å²) in [5, 5.41) is 6.16. The topological polar surface area (TPSA) is 72.5 Å². The Morgan fingerprint density at radius 1 is 0.931 bits per heavy atom. The van der Waals surface area contributed by atoms with E-state index in [1.165, 1.54) is 5.56 Å². The zero-order valence-corrected chi connectivity index (χ0v) is 16.6. The first-order valence-electron chi connectivity index (χ1n) is 9.42. The van der Waals surface area contributed by atoms with Crippen molar-refractivity contribution in [2.45, 2.75) is 13.0 Å². The lowest BCUT2D eigenvalue weighted by atomic mass is 10.1. The van der Waals surface area contributed by atoms with Crippen LogP contribution in [0.3, 0.4) is 0 Å². The largest absolute Gasteiger partial charge is 0.493 e. The van der Waals surface area contributed by atoms with E-state index >= 15 is 0 Å². The highest BCUT2D eigenvalue weighted by atomic mass is 16.5. The molecule has 3 aromatic rings. The van der Waals surface area contributed by atoms with E-state index < -0.39 is 0 Å². The molecule has 1 aromatic heterocycles. The number of methoxy groups -OCH3 is 2. The standard InChI is InChI=1S/C23H25N3O3/c1-28-20-10-8-18(14-21(20)29-2)15-26-23(27)19-9-11-22(25-16-19)24-13-12-17-6-4-3-5-7-17/h3-11,14,16H,12-13,15H2,1-2H3,(H,24,25)(H,26,27). The van der Waals surface area contributed by atoms with Gasteiger partial charge in [-0.25, -0.2) is 4.98 Å². The lowest BCUT2D eigenvalue weighted by molar-refractivity contribution is 0.0950. The van der Waals surface area contributed by atoms with Crippen LogP contribution in [0.25, 0.3) is 0 Å². The predicted molar refractivity (Wildman–Crippen MR) is 114 cm³/mol. The van der Waals surface area contributed by atoms with Gasteiger partial charge in [0.1, 0.15) is 5.82 Å². The van der Waals surface area contributed by atoms with E-state index in [9.17, 15) is 4.79 Å². The van der Waals surface area contributed by atoms with Gasteiger partial charge in [-0.1, -0.05) is 36.4 Å². The lowest BCUT2D eigenvalue weighted by Gasteiger charge is -2.11. The van der Waals surface area contributed by atoms with Crippen LogP contribution in [0.2, 0.25) is 0 Å². The van der Waals surface area contributed by atoms with Gasteiger partial charge in [0.25, 0.3) is 5.91 Å². The zero-order valence-electron chi connectivity index (χ0n) is 16.6. The Bertz CT molecular complexity index is 928. The summed E-state index contributed by atoms with van der Waals surface area (Å²) >= 11 is 0. The second-order valence-corrected chi connectivity index (χ2v) is 6.47. The van der Waals surface area contributed by atoms with E-state index in [2.05, 4.69) is 27.8 Å². The molecule has 0 bridgehead atoms. The molecule has 0 fully saturated rings. The zero-order chi connectivity index (χ0) is 20.5. The number of rotatable bonds is 9. The molecule has 2 aromatic carbocycles. The maximum atomic E-state index is 12.4. The van der Waals surface area contributed by atoms with E-state index in [0.717, 1.165) is 24.3 Å². The number of nitrogens with zero attached hydrogens (tertiary/aromatic N) is 1. The first-order valence-corrected chi connectivity index (χ1v) is 9.42. The van der Waals surface area contributed by atoms with Crippen LogP contribution in [0, 0.1) is 0 Å². The highest BCUT2D eigenvalue weighted by molar-refractivity contribution is 5.94. The third-order valence-corrected chi connectivity index (χ3v) is 4.49. The van der Waals surface area contributed by atoms with Gasteiger partial charge in [0, 0.05) is 19.3 Å². The van der Waals surface area contributed by atoms with Gasteiger partial charge >= 0.3 is 0 Å². The number of hydrogen-bond acceptors (Lipinski definition) is 5. The summed E-state index contributed by atoms with van der Waals surface area (Å²) in [7, 11) is 3.17. The van der Waals surface area contributed by atoms with Crippen LogP contribution in [-0.4, -0.2) is 31.7 Å². The van der Waals surface area contributed by atoms with Crippen molar-refractivity contribution in [3.63, 3.8) is 0 Å². The van der Waals surface area contributed by atoms with E-state index in [-0.39, 0.29) is 5.91 Å². The van der Waals surface area contributed by atoms with Crippen LogP contribution in [0.4, 0.5) is 5.82 Å². The summed E-state index contributed by atoms with van der Waals surface area (Å²) < 4.78 is 10.5. The number of nitrogens with one attached hydrogen (secondary N) is 2. The molecule has 2 N–H and O–H groups in total. The van der Waals surface area contributed by atoms with Crippen LogP contribution in [-0.2, 0) is 13.0 Å². The van der Waals surface area contributed by atoms with Gasteiger partial charge in [-0.2, -0.15) is 0 Å². The van der Waals surface area contributed by atoms with Crippen molar-refractivity contribution in [3.05, 3.63) is 83.6 Å². The molecule has 0 saturated carbocycles. The summed E-state index contributed by atoms with van der Waals surface area (Å²) in [6.07, 6.45) is 2.49. The maximum Gasteiger partial charge on any atom is 0.253 e. The van der Waals surface area contributed by atoms with E-state index in [1.54, 1.807) is 26.5 Å². The van der Waals surface area contributed by atoms with Gasteiger partial charge in [-0.15, -0.1) is 0 Å². The number of aromatic nitrogens is 1. The molecule has 29 heavy (non-hydrogen) atoms. The van der Waals surface area contributed by atoms with Gasteiger partial charge in [-0.05, 0) is 41.8 Å². The molecular formula is C23H25N3O3. The van der Waals surface area contributed by atoms with Gasteiger partial charge in [0.15, 0.2) is 11.5 Å². The van der Waals surface area contributed by atoms with Crippen LogP contribution < -0.4 is 20.1 Å². The quantitative estimate of drug-likeness (QED) is 0.582. The molecule has 1 amide bonds. The molecule has 0 saturated heterocycles. The first-order chi connectivity index (χ1) is 14.2. The Balaban J connectivity index is 1.50. The molecule has 0 unspecified atom stereocenters. The molecule has 1 heterocycles. The SMILES string of the molecule is COc1ccc(CNC(=O)c2ccc(NCCc3ccccc3)nc2)cc1OC. The average molecular weight is 391 g/mol. The van der Waals surface area contributed by atoms with Gasteiger partial charge < -0.3 is 20.1 Å². The minimum atomic E-state index is -0.178. The molecular weight excluding hydrogens is 366 g/mol. The second-order valence-electron chi connectivity index (χ2n) is 6.47. The van der Waals surface area contributed by atoms with Crippen molar-refractivity contribution in [2.24, 2.45) is 0 Å². The summed E-state index contributed by atoms with van der Waals surface area (Å²) in [6.45, 7) is 1.16. The Kier molecular flexibility index (Phi) is 7.05. The van der Waals surface area contributed by atoms with Crippen LogP contribution in [0.5, 0.6) is 11.5 Å². The van der Waals surface area contributed by atoms with Crippen molar-refractivity contribution >= 4 is 11.7 Å². The summed E-state index contributed by atoms with van der Waals surface area (Å²) in [4.78, 5) is 16.7. The van der Waals surface area contributed by atoms with Crippen LogP contribution in [0.15, 0.2) is 66.9 Å². The Hall–Kier alpha value is -3.54. The average Bonchev–Trinajstić information content (AvgIpc) is 2.78. The first kappa shape index (κ1) is 20.2. The third kappa shape index (κ3) is 5.72. The van der Waals surface area contributed by atoms with Gasteiger partial charge in [0.2, 0.25) is 0 Å². The fourth-order valence-corrected chi connectivity index (χ4v) is 2.89. The fraction of sp³-hybridized carbons (Fsp3) is 0.217. The molecule has 6 heteroatoms. The molecule has 0 aliphatic carbocycles. The number of benzene rings is 2. The molecule has 0 atom stereocenters. The fourth-order valence-electron chi connectivity index (χ4n) is 2.89. The van der Waals surface area contributed by atoms with Crippen molar-refractivity contribution in [1.82, 2.24) is 10.3 Å². The number of pyridine rings is 1. The van der Waals surface area contributed by atoms with Gasteiger partial charge in [-0.3, -0.25) is 4.79 Å². The Morgan fingerprint density at radius 2 is 1.72 bits per heavy atom. The van der Waals surface area contributed by atoms with Crippen molar-refractivity contribution in [1.29, 1.82) is 0 Å². The minimum absolute atomic E-state index is 0.178. The molecule has 0 aliphatic heterocycles. The Labute approximate surface area is 170 Å². The predicted octanol–water partition coefficient (Wildman–Crippen LogP) is 3.68. The summed E-state index contributed by atoms with van der Waals surface area (Å²) in [5.74, 6) is 1.86. The van der Waals surface area contributed by atoms with E-state index in [1.807, 2.05) is 42.5 Å². The summed E-state index contributed by atoms with van der Waals surface area (Å²) in [5.41, 5.74) is 2.70. The lowest BCUT2D eigenvalue weighted by Crippen LogP contribution is -2.23. The number of carbonyl (C=O) groups excluding carboxylic acids is 1. The molecule has 0 spiro atoms. The van der Waals surface area contributed by atoms with Crippen molar-refractivity contribution in [3.8, 4) is 11.5 Å². The number of carbonyl (C=O) groups is 1.